The van der Waals surface area contributed by atoms with Crippen molar-refractivity contribution in [2.24, 2.45) is 0 Å². The van der Waals surface area contributed by atoms with Crippen LogP contribution in [0.15, 0.2) is 59.8 Å². The van der Waals surface area contributed by atoms with E-state index in [2.05, 4.69) is 17.6 Å². The van der Waals surface area contributed by atoms with Gasteiger partial charge in [-0.3, -0.25) is 4.98 Å². The fraction of sp³-hybridized carbons (Fsp3) is 0. The lowest BCUT2D eigenvalue weighted by molar-refractivity contribution is 0.0693. The van der Waals surface area contributed by atoms with Crippen molar-refractivity contribution in [3.8, 4) is 0 Å². The molecule has 0 spiro atoms. The molecule has 0 fully saturated rings. The van der Waals surface area contributed by atoms with E-state index in [9.17, 15) is 4.79 Å². The number of rotatable bonds is 1. The number of thiol groups is 1. The van der Waals surface area contributed by atoms with Gasteiger partial charge in [0, 0.05) is 17.3 Å². The van der Waals surface area contributed by atoms with E-state index in [1.807, 2.05) is 18.2 Å². The largest absolute Gasteiger partial charge is 0.478 e. The number of carbonyl (C=O) groups is 1. The van der Waals surface area contributed by atoms with Crippen LogP contribution in [0.4, 0.5) is 0 Å². The number of benzene rings is 1. The molecule has 16 heavy (non-hydrogen) atoms. The second-order valence-corrected chi connectivity index (χ2v) is 3.33. The van der Waals surface area contributed by atoms with Crippen LogP contribution in [0.2, 0.25) is 0 Å². The van der Waals surface area contributed by atoms with Crippen LogP contribution in [0.3, 0.4) is 0 Å². The van der Waals surface area contributed by atoms with Crippen molar-refractivity contribution in [1.82, 2.24) is 4.98 Å². The first-order valence-electron chi connectivity index (χ1n) is 4.58. The summed E-state index contributed by atoms with van der Waals surface area (Å²) in [5.74, 6) is -0.939. The lowest BCUT2D eigenvalue weighted by atomic mass is 10.2. The maximum absolute atomic E-state index is 10.4. The minimum Gasteiger partial charge on any atom is -0.478 e. The van der Waals surface area contributed by atoms with Gasteiger partial charge in [0.05, 0.1) is 5.56 Å². The van der Waals surface area contributed by atoms with Crippen LogP contribution in [-0.2, 0) is 0 Å². The molecule has 82 valence electrons. The summed E-state index contributed by atoms with van der Waals surface area (Å²) in [7, 11) is 0. The molecule has 0 aliphatic rings. The molecular formula is C12H11NO2S. The first-order valence-corrected chi connectivity index (χ1v) is 5.03. The van der Waals surface area contributed by atoms with Crippen LogP contribution in [0, 0.1) is 0 Å². The highest BCUT2D eigenvalue weighted by atomic mass is 32.1. The Balaban J connectivity index is 0.000000181. The minimum atomic E-state index is -0.939. The maximum Gasteiger partial charge on any atom is 0.336 e. The zero-order chi connectivity index (χ0) is 11.8. The van der Waals surface area contributed by atoms with E-state index < -0.39 is 5.97 Å². The molecule has 0 atom stereocenters. The van der Waals surface area contributed by atoms with Crippen molar-refractivity contribution in [3.63, 3.8) is 0 Å². The smallest absolute Gasteiger partial charge is 0.336 e. The number of nitrogens with zero attached hydrogens (tertiary/aromatic N) is 1. The summed E-state index contributed by atoms with van der Waals surface area (Å²) in [6, 6.07) is 12.3. The van der Waals surface area contributed by atoms with E-state index >= 15 is 0 Å². The van der Waals surface area contributed by atoms with Crippen molar-refractivity contribution in [1.29, 1.82) is 0 Å². The third-order valence-corrected chi connectivity index (χ3v) is 2.09. The molecule has 0 bridgehead atoms. The molecule has 3 nitrogen and oxygen atoms in total. The van der Waals surface area contributed by atoms with E-state index in [1.54, 1.807) is 30.6 Å². The lowest BCUT2D eigenvalue weighted by Gasteiger charge is -1.95. The molecule has 0 saturated carbocycles. The summed E-state index contributed by atoms with van der Waals surface area (Å²) in [4.78, 5) is 14.7. The van der Waals surface area contributed by atoms with Gasteiger partial charge in [-0.15, -0.1) is 12.6 Å². The summed E-state index contributed by atoms with van der Waals surface area (Å²) in [6.45, 7) is 0. The summed E-state index contributed by atoms with van der Waals surface area (Å²) in [5.41, 5.74) is 0.242. The van der Waals surface area contributed by atoms with E-state index in [0.717, 1.165) is 0 Å². The van der Waals surface area contributed by atoms with Crippen LogP contribution in [0.5, 0.6) is 0 Å². The molecule has 0 aliphatic heterocycles. The molecule has 2 aromatic rings. The van der Waals surface area contributed by atoms with Crippen LogP contribution in [0.25, 0.3) is 0 Å². The van der Waals surface area contributed by atoms with Gasteiger partial charge in [-0.25, -0.2) is 4.79 Å². The van der Waals surface area contributed by atoms with Gasteiger partial charge in [-0.05, 0) is 24.3 Å². The highest BCUT2D eigenvalue weighted by molar-refractivity contribution is 7.80. The minimum absolute atomic E-state index is 0.242. The molecule has 1 N–H and O–H groups in total. The molecule has 1 aromatic heterocycles. The predicted molar refractivity (Wildman–Crippen MR) is 64.9 cm³/mol. The fourth-order valence-electron chi connectivity index (χ4n) is 0.967. The summed E-state index contributed by atoms with van der Waals surface area (Å²) >= 11 is 3.96. The average Bonchev–Trinajstić information content (AvgIpc) is 2.32. The normalized spacial score (nSPS) is 8.81. The lowest BCUT2D eigenvalue weighted by Crippen LogP contribution is -1.96. The van der Waals surface area contributed by atoms with Gasteiger partial charge >= 0.3 is 5.97 Å². The Labute approximate surface area is 99.2 Å². The van der Waals surface area contributed by atoms with Crippen LogP contribution in [0.1, 0.15) is 10.4 Å². The standard InChI is InChI=1S/C7H6O2S.C5H5N/c8-7(9)5-3-1-2-4-6(5)10;1-2-4-6-5-3-1/h1-4,10H,(H,8,9);1-5H. The Morgan fingerprint density at radius 2 is 1.69 bits per heavy atom. The maximum atomic E-state index is 10.4. The second-order valence-electron chi connectivity index (χ2n) is 2.85. The quantitative estimate of drug-likeness (QED) is 0.745. The van der Waals surface area contributed by atoms with Crippen molar-refractivity contribution < 1.29 is 9.90 Å². The monoisotopic (exact) mass is 233 g/mol. The van der Waals surface area contributed by atoms with Gasteiger partial charge in [0.1, 0.15) is 0 Å². The second kappa shape index (κ2) is 6.63. The van der Waals surface area contributed by atoms with E-state index in [1.165, 1.54) is 6.07 Å². The number of pyridine rings is 1. The van der Waals surface area contributed by atoms with Crippen LogP contribution >= 0.6 is 12.6 Å². The van der Waals surface area contributed by atoms with Crippen molar-refractivity contribution in [3.05, 3.63) is 60.4 Å². The summed E-state index contributed by atoms with van der Waals surface area (Å²) < 4.78 is 0. The molecule has 1 aromatic carbocycles. The highest BCUT2D eigenvalue weighted by Crippen LogP contribution is 2.11. The van der Waals surface area contributed by atoms with Gasteiger partial charge in [0.25, 0.3) is 0 Å². The third-order valence-electron chi connectivity index (χ3n) is 1.70. The molecule has 1 heterocycles. The number of carboxylic acids is 1. The van der Waals surface area contributed by atoms with Crippen molar-refractivity contribution in [2.45, 2.75) is 4.90 Å². The zero-order valence-corrected chi connectivity index (χ0v) is 9.34. The number of carboxylic acid groups (broad SMARTS) is 1. The number of hydrogen-bond donors (Lipinski definition) is 2. The SMILES string of the molecule is O=C(O)c1ccccc1S.c1ccncc1. The first kappa shape index (κ1) is 12.3. The molecule has 0 saturated heterocycles. The van der Waals surface area contributed by atoms with E-state index in [-0.39, 0.29) is 5.56 Å². The molecular weight excluding hydrogens is 222 g/mol. The number of aromatic nitrogens is 1. The fourth-order valence-corrected chi connectivity index (χ4v) is 1.22. The molecule has 0 radical (unpaired) electrons. The third kappa shape index (κ3) is 4.14. The first-order chi connectivity index (χ1) is 7.72. The zero-order valence-electron chi connectivity index (χ0n) is 8.45. The van der Waals surface area contributed by atoms with Crippen LogP contribution in [-0.4, -0.2) is 16.1 Å². The highest BCUT2D eigenvalue weighted by Gasteiger charge is 2.03. The van der Waals surface area contributed by atoms with Gasteiger partial charge in [0.2, 0.25) is 0 Å². The van der Waals surface area contributed by atoms with Crippen molar-refractivity contribution >= 4 is 18.6 Å². The summed E-state index contributed by atoms with van der Waals surface area (Å²) in [5, 5.41) is 8.52. The topological polar surface area (TPSA) is 50.2 Å². The predicted octanol–water partition coefficient (Wildman–Crippen LogP) is 2.76. The Morgan fingerprint density at radius 3 is 2.00 bits per heavy atom. The Kier molecular flexibility index (Phi) is 5.08. The van der Waals surface area contributed by atoms with E-state index in [0.29, 0.717) is 4.90 Å². The molecule has 2 rings (SSSR count). The Morgan fingerprint density at radius 1 is 1.06 bits per heavy atom. The van der Waals surface area contributed by atoms with Crippen LogP contribution < -0.4 is 0 Å². The molecule has 0 unspecified atom stereocenters. The molecule has 0 aliphatic carbocycles. The molecule has 0 amide bonds. The Bertz CT molecular complexity index is 419. The van der Waals surface area contributed by atoms with Gasteiger partial charge in [0.15, 0.2) is 0 Å². The number of hydrogen-bond acceptors (Lipinski definition) is 3. The van der Waals surface area contributed by atoms with Gasteiger partial charge in [-0.2, -0.15) is 0 Å². The van der Waals surface area contributed by atoms with Crippen molar-refractivity contribution in [2.75, 3.05) is 0 Å². The van der Waals surface area contributed by atoms with Gasteiger partial charge in [-0.1, -0.05) is 18.2 Å². The summed E-state index contributed by atoms with van der Waals surface area (Å²) in [6.07, 6.45) is 3.50. The van der Waals surface area contributed by atoms with Gasteiger partial charge < -0.3 is 5.11 Å². The Hall–Kier alpha value is -1.81. The van der Waals surface area contributed by atoms with E-state index in [4.69, 9.17) is 5.11 Å². The number of aromatic carboxylic acids is 1. The molecule has 4 heteroatoms. The average molecular weight is 233 g/mol.